The van der Waals surface area contributed by atoms with Gasteiger partial charge in [-0.05, 0) is 47.9 Å². The summed E-state index contributed by atoms with van der Waals surface area (Å²) in [5, 5.41) is 3.83. The van der Waals surface area contributed by atoms with Gasteiger partial charge in [0.1, 0.15) is 0 Å². The second-order valence-corrected chi connectivity index (χ2v) is 7.98. The van der Waals surface area contributed by atoms with Crippen molar-refractivity contribution >= 4 is 11.3 Å². The van der Waals surface area contributed by atoms with Crippen LogP contribution in [0, 0.1) is 5.41 Å². The highest BCUT2D eigenvalue weighted by atomic mass is 32.1. The van der Waals surface area contributed by atoms with Crippen LogP contribution in [0.4, 0.5) is 0 Å². The summed E-state index contributed by atoms with van der Waals surface area (Å²) in [6, 6.07) is 13.9. The summed E-state index contributed by atoms with van der Waals surface area (Å²) in [6.45, 7) is 8.00. The van der Waals surface area contributed by atoms with Gasteiger partial charge in [0.15, 0.2) is 0 Å². The van der Waals surface area contributed by atoms with Crippen molar-refractivity contribution in [2.75, 3.05) is 0 Å². The minimum Gasteiger partial charge on any atom is -0.305 e. The highest BCUT2D eigenvalue weighted by Crippen LogP contribution is 2.43. The highest BCUT2D eigenvalue weighted by molar-refractivity contribution is 7.11. The fourth-order valence-electron chi connectivity index (χ4n) is 3.36. The van der Waals surface area contributed by atoms with Crippen LogP contribution in [-0.2, 0) is 19.4 Å². The van der Waals surface area contributed by atoms with Gasteiger partial charge in [-0.25, -0.2) is 0 Å². The molecule has 21 heavy (non-hydrogen) atoms. The van der Waals surface area contributed by atoms with Gasteiger partial charge in [0.05, 0.1) is 0 Å². The Morgan fingerprint density at radius 2 is 1.90 bits per heavy atom. The average Bonchev–Trinajstić information content (AvgIpc) is 2.94. The Hall–Kier alpha value is -1.12. The Morgan fingerprint density at radius 3 is 2.67 bits per heavy atom. The van der Waals surface area contributed by atoms with Gasteiger partial charge in [-0.1, -0.05) is 45.0 Å². The zero-order chi connectivity index (χ0) is 14.9. The number of hydrogen-bond donors (Lipinski definition) is 1. The molecule has 1 atom stereocenters. The summed E-state index contributed by atoms with van der Waals surface area (Å²) in [7, 11) is 0. The van der Waals surface area contributed by atoms with Crippen LogP contribution in [-0.4, -0.2) is 0 Å². The number of rotatable bonds is 4. The van der Waals surface area contributed by atoms with E-state index in [2.05, 4.69) is 62.5 Å². The molecule has 1 aromatic carbocycles. The number of aryl methyl sites for hydroxylation is 2. The van der Waals surface area contributed by atoms with E-state index in [4.69, 9.17) is 0 Å². The molecule has 1 heterocycles. The number of thiophene rings is 1. The molecule has 1 unspecified atom stereocenters. The minimum atomic E-state index is 0.319. The zero-order valence-electron chi connectivity index (χ0n) is 13.3. The van der Waals surface area contributed by atoms with Crippen LogP contribution in [0.2, 0.25) is 0 Å². The van der Waals surface area contributed by atoms with Gasteiger partial charge in [-0.2, -0.15) is 0 Å². The molecule has 0 aliphatic heterocycles. The lowest BCUT2D eigenvalue weighted by Crippen LogP contribution is -2.37. The summed E-state index contributed by atoms with van der Waals surface area (Å²) in [5.74, 6) is 0. The van der Waals surface area contributed by atoms with Crippen molar-refractivity contribution in [3.05, 3.63) is 57.3 Å². The van der Waals surface area contributed by atoms with Gasteiger partial charge in [0.25, 0.3) is 0 Å². The van der Waals surface area contributed by atoms with E-state index in [1.807, 2.05) is 11.3 Å². The van der Waals surface area contributed by atoms with Crippen LogP contribution in [0.15, 0.2) is 36.4 Å². The zero-order valence-corrected chi connectivity index (χ0v) is 14.1. The van der Waals surface area contributed by atoms with E-state index in [9.17, 15) is 0 Å². The lowest BCUT2D eigenvalue weighted by Gasteiger charge is -2.40. The van der Waals surface area contributed by atoms with Gasteiger partial charge >= 0.3 is 0 Å². The van der Waals surface area contributed by atoms with Crippen molar-refractivity contribution in [3.8, 4) is 0 Å². The maximum atomic E-state index is 3.83. The lowest BCUT2D eigenvalue weighted by atomic mass is 9.70. The summed E-state index contributed by atoms with van der Waals surface area (Å²) >= 11 is 1.94. The predicted molar refractivity (Wildman–Crippen MR) is 91.8 cm³/mol. The topological polar surface area (TPSA) is 12.0 Å². The van der Waals surface area contributed by atoms with Crippen molar-refractivity contribution in [3.63, 3.8) is 0 Å². The average molecular weight is 299 g/mol. The van der Waals surface area contributed by atoms with E-state index in [1.54, 1.807) is 0 Å². The molecule has 0 spiro atoms. The van der Waals surface area contributed by atoms with E-state index in [0.717, 1.165) is 13.0 Å². The maximum absolute atomic E-state index is 3.83. The number of benzene rings is 1. The smallest absolute Gasteiger partial charge is 0.0377 e. The van der Waals surface area contributed by atoms with Crippen molar-refractivity contribution in [1.82, 2.24) is 5.32 Å². The third-order valence-corrected chi connectivity index (χ3v) is 5.96. The van der Waals surface area contributed by atoms with Crippen LogP contribution in [0.1, 0.15) is 54.1 Å². The molecule has 1 nitrogen and oxygen atoms in total. The number of fused-ring (bicyclic) bond motifs is 1. The summed E-state index contributed by atoms with van der Waals surface area (Å²) in [4.78, 5) is 2.93. The summed E-state index contributed by atoms with van der Waals surface area (Å²) in [5.41, 5.74) is 3.34. The van der Waals surface area contributed by atoms with Crippen LogP contribution in [0.3, 0.4) is 0 Å². The Labute approximate surface area is 132 Å². The Balaban J connectivity index is 1.79. The van der Waals surface area contributed by atoms with Crippen molar-refractivity contribution in [2.45, 2.75) is 52.6 Å². The van der Waals surface area contributed by atoms with Crippen molar-refractivity contribution in [1.29, 1.82) is 0 Å². The van der Waals surface area contributed by atoms with Gasteiger partial charge in [-0.15, -0.1) is 11.3 Å². The molecule has 0 saturated carbocycles. The molecule has 0 radical (unpaired) electrons. The third-order valence-electron chi connectivity index (χ3n) is 4.73. The van der Waals surface area contributed by atoms with E-state index in [-0.39, 0.29) is 0 Å². The predicted octanol–water partition coefficient (Wildman–Crippen LogP) is 5.11. The normalized spacial score (nSPS) is 20.2. The molecular weight excluding hydrogens is 274 g/mol. The van der Waals surface area contributed by atoms with Crippen molar-refractivity contribution < 1.29 is 0 Å². The first-order chi connectivity index (χ1) is 10.1. The molecular formula is C19H25NS. The second-order valence-electron chi connectivity index (χ2n) is 6.72. The molecule has 1 aromatic heterocycles. The molecule has 1 aliphatic carbocycles. The van der Waals surface area contributed by atoms with Crippen LogP contribution >= 0.6 is 11.3 Å². The molecule has 1 N–H and O–H groups in total. The Kier molecular flexibility index (Phi) is 4.19. The molecule has 0 saturated heterocycles. The van der Waals surface area contributed by atoms with E-state index in [0.29, 0.717) is 11.5 Å². The molecule has 2 heteroatoms. The van der Waals surface area contributed by atoms with Crippen LogP contribution < -0.4 is 5.32 Å². The highest BCUT2D eigenvalue weighted by Gasteiger charge is 2.35. The fourth-order valence-corrected chi connectivity index (χ4v) is 4.27. The summed E-state index contributed by atoms with van der Waals surface area (Å²) < 4.78 is 0. The standard InChI is InChI=1S/C19H25NS/c1-4-15-9-10-16(21-15)13-20-18-17-8-6-5-7-14(17)11-12-19(18,2)3/h5-10,18,20H,4,11-13H2,1-3H3. The molecule has 2 aromatic rings. The first-order valence-electron chi connectivity index (χ1n) is 7.99. The molecule has 112 valence electrons. The molecule has 1 aliphatic rings. The second kappa shape index (κ2) is 5.94. The van der Waals surface area contributed by atoms with E-state index in [1.165, 1.54) is 33.7 Å². The quantitative estimate of drug-likeness (QED) is 0.827. The Bertz CT molecular complexity index is 612. The third kappa shape index (κ3) is 3.07. The molecule has 3 rings (SSSR count). The Morgan fingerprint density at radius 1 is 1.14 bits per heavy atom. The molecule has 0 bridgehead atoms. The van der Waals surface area contributed by atoms with E-state index >= 15 is 0 Å². The fraction of sp³-hybridized carbons (Fsp3) is 0.474. The monoisotopic (exact) mass is 299 g/mol. The summed E-state index contributed by atoms with van der Waals surface area (Å²) in [6.07, 6.45) is 3.61. The first-order valence-corrected chi connectivity index (χ1v) is 8.80. The van der Waals surface area contributed by atoms with Gasteiger partial charge in [0.2, 0.25) is 0 Å². The molecule has 0 amide bonds. The van der Waals surface area contributed by atoms with Crippen LogP contribution in [0.25, 0.3) is 0 Å². The number of nitrogens with one attached hydrogen (secondary N) is 1. The SMILES string of the molecule is CCc1ccc(CNC2c3ccccc3CCC2(C)C)s1. The van der Waals surface area contributed by atoms with E-state index < -0.39 is 0 Å². The lowest BCUT2D eigenvalue weighted by molar-refractivity contribution is 0.208. The van der Waals surface area contributed by atoms with Gasteiger partial charge in [0, 0.05) is 22.3 Å². The van der Waals surface area contributed by atoms with Crippen LogP contribution in [0.5, 0.6) is 0 Å². The maximum Gasteiger partial charge on any atom is 0.0377 e. The molecule has 0 fully saturated rings. The minimum absolute atomic E-state index is 0.319. The first kappa shape index (κ1) is 14.8. The van der Waals surface area contributed by atoms with Gasteiger partial charge in [-0.3, -0.25) is 0 Å². The largest absolute Gasteiger partial charge is 0.305 e. The van der Waals surface area contributed by atoms with Crippen molar-refractivity contribution in [2.24, 2.45) is 5.41 Å². The number of hydrogen-bond acceptors (Lipinski definition) is 2. The van der Waals surface area contributed by atoms with Gasteiger partial charge < -0.3 is 5.32 Å².